The Morgan fingerprint density at radius 1 is 1.03 bits per heavy atom. The van der Waals surface area contributed by atoms with E-state index in [9.17, 15) is 19.0 Å². The highest BCUT2D eigenvalue weighted by Crippen LogP contribution is 2.44. The van der Waals surface area contributed by atoms with E-state index in [1.54, 1.807) is 38.1 Å². The molecule has 0 saturated carbocycles. The van der Waals surface area contributed by atoms with Gasteiger partial charge in [0.1, 0.15) is 0 Å². The minimum atomic E-state index is -3.89. The summed E-state index contributed by atoms with van der Waals surface area (Å²) >= 11 is 0. The highest BCUT2D eigenvalue weighted by Gasteiger charge is 2.30. The molecule has 8 heteroatoms. The van der Waals surface area contributed by atoms with E-state index < -0.39 is 25.4 Å². The molecule has 0 spiro atoms. The molecule has 0 aliphatic rings. The number of esters is 1. The monoisotopic (exact) mass is 419 g/mol. The zero-order valence-corrected chi connectivity index (χ0v) is 17.4. The van der Waals surface area contributed by atoms with Gasteiger partial charge in [-0.2, -0.15) is 0 Å². The van der Waals surface area contributed by atoms with E-state index in [-0.39, 0.29) is 19.4 Å². The number of nitrogens with one attached hydrogen (secondary N) is 1. The fourth-order valence-corrected chi connectivity index (χ4v) is 4.18. The van der Waals surface area contributed by atoms with Crippen LogP contribution in [0.15, 0.2) is 54.6 Å². The SMILES string of the molecule is CCOC(=O)c1ccc(NC(=O)C(Cc2ccccc2)CP(=O)(O)OCC)cc1. The number of ether oxygens (including phenoxy) is 1. The van der Waals surface area contributed by atoms with Crippen molar-refractivity contribution < 1.29 is 28.3 Å². The van der Waals surface area contributed by atoms with Crippen LogP contribution >= 0.6 is 7.60 Å². The summed E-state index contributed by atoms with van der Waals surface area (Å²) in [7, 11) is -3.89. The van der Waals surface area contributed by atoms with Crippen LogP contribution in [0.2, 0.25) is 0 Å². The van der Waals surface area contributed by atoms with Gasteiger partial charge in [0.2, 0.25) is 5.91 Å². The number of rotatable bonds is 10. The van der Waals surface area contributed by atoms with E-state index in [2.05, 4.69) is 5.32 Å². The quantitative estimate of drug-likeness (QED) is 0.448. The van der Waals surface area contributed by atoms with Crippen LogP contribution in [0.25, 0.3) is 0 Å². The van der Waals surface area contributed by atoms with Gasteiger partial charge in [-0.05, 0) is 50.1 Å². The van der Waals surface area contributed by atoms with Crippen molar-refractivity contribution in [3.8, 4) is 0 Å². The first-order valence-corrected chi connectivity index (χ1v) is 11.2. The normalized spacial score (nSPS) is 13.9. The maximum absolute atomic E-state index is 12.8. The average molecular weight is 419 g/mol. The van der Waals surface area contributed by atoms with Crippen LogP contribution in [0.5, 0.6) is 0 Å². The van der Waals surface area contributed by atoms with Crippen molar-refractivity contribution in [2.45, 2.75) is 20.3 Å². The van der Waals surface area contributed by atoms with E-state index in [1.807, 2.05) is 30.3 Å². The molecule has 2 rings (SSSR count). The third-order valence-electron chi connectivity index (χ3n) is 4.14. The number of anilines is 1. The predicted octanol–water partition coefficient (Wildman–Crippen LogP) is 3.88. The minimum Gasteiger partial charge on any atom is -0.462 e. The highest BCUT2D eigenvalue weighted by atomic mass is 31.2. The molecule has 0 aliphatic carbocycles. The summed E-state index contributed by atoms with van der Waals surface area (Å²) in [4.78, 5) is 34.6. The van der Waals surface area contributed by atoms with Crippen LogP contribution in [-0.4, -0.2) is 36.1 Å². The van der Waals surface area contributed by atoms with Gasteiger partial charge >= 0.3 is 13.6 Å². The molecular formula is C21H26NO6P. The van der Waals surface area contributed by atoms with Gasteiger partial charge in [-0.15, -0.1) is 0 Å². The van der Waals surface area contributed by atoms with Crippen LogP contribution in [0, 0.1) is 5.92 Å². The van der Waals surface area contributed by atoms with Crippen LogP contribution in [0.1, 0.15) is 29.8 Å². The lowest BCUT2D eigenvalue weighted by Gasteiger charge is -2.20. The number of amides is 1. The van der Waals surface area contributed by atoms with Gasteiger partial charge in [-0.1, -0.05) is 30.3 Å². The molecule has 0 aliphatic heterocycles. The summed E-state index contributed by atoms with van der Waals surface area (Å²) in [5.41, 5.74) is 1.73. The molecule has 29 heavy (non-hydrogen) atoms. The smallest absolute Gasteiger partial charge is 0.338 e. The van der Waals surface area contributed by atoms with Crippen LogP contribution in [0.4, 0.5) is 5.69 Å². The Bertz CT molecular complexity index is 853. The Morgan fingerprint density at radius 2 is 1.69 bits per heavy atom. The third-order valence-corrected chi connectivity index (χ3v) is 5.71. The molecule has 0 saturated heterocycles. The van der Waals surface area contributed by atoms with Crippen molar-refractivity contribution in [3.63, 3.8) is 0 Å². The van der Waals surface area contributed by atoms with Crippen LogP contribution in [0.3, 0.4) is 0 Å². The summed E-state index contributed by atoms with van der Waals surface area (Å²) in [5.74, 6) is -1.60. The minimum absolute atomic E-state index is 0.0861. The largest absolute Gasteiger partial charge is 0.462 e. The molecule has 2 aromatic carbocycles. The molecule has 0 heterocycles. The second kappa shape index (κ2) is 10.9. The molecule has 2 aromatic rings. The van der Waals surface area contributed by atoms with Crippen molar-refractivity contribution >= 4 is 25.2 Å². The molecule has 1 amide bonds. The van der Waals surface area contributed by atoms with Crippen molar-refractivity contribution in [1.29, 1.82) is 0 Å². The lowest BCUT2D eigenvalue weighted by molar-refractivity contribution is -0.119. The predicted molar refractivity (Wildman–Crippen MR) is 111 cm³/mol. The number of carbonyl (C=O) groups is 2. The Morgan fingerprint density at radius 3 is 2.28 bits per heavy atom. The first kappa shape index (κ1) is 22.8. The lowest BCUT2D eigenvalue weighted by atomic mass is 10.00. The molecule has 0 radical (unpaired) electrons. The summed E-state index contributed by atoms with van der Waals surface area (Å²) in [6.07, 6.45) is 0.00762. The Labute approximate surface area is 170 Å². The maximum atomic E-state index is 12.8. The number of benzene rings is 2. The van der Waals surface area contributed by atoms with Gasteiger partial charge in [0.05, 0.1) is 30.9 Å². The molecule has 2 N–H and O–H groups in total. The average Bonchev–Trinajstić information content (AvgIpc) is 2.68. The maximum Gasteiger partial charge on any atom is 0.338 e. The summed E-state index contributed by atoms with van der Waals surface area (Å²) in [6.45, 7) is 3.71. The fraction of sp³-hybridized carbons (Fsp3) is 0.333. The van der Waals surface area contributed by atoms with E-state index in [0.29, 0.717) is 17.7 Å². The van der Waals surface area contributed by atoms with Crippen LogP contribution < -0.4 is 5.32 Å². The van der Waals surface area contributed by atoms with Gasteiger partial charge in [-0.25, -0.2) is 4.79 Å². The fourth-order valence-electron chi connectivity index (χ4n) is 2.82. The standard InChI is InChI=1S/C21H26NO6P/c1-3-27-21(24)17-10-12-19(13-11-17)22-20(23)18(15-29(25,26)28-4-2)14-16-8-6-5-7-9-16/h5-13,18H,3-4,14-15H2,1-2H3,(H,22,23)(H,25,26). The van der Waals surface area contributed by atoms with Crippen molar-refractivity contribution in [3.05, 3.63) is 65.7 Å². The van der Waals surface area contributed by atoms with Crippen molar-refractivity contribution in [2.75, 3.05) is 24.7 Å². The number of carbonyl (C=O) groups excluding carboxylic acids is 2. The molecule has 2 unspecified atom stereocenters. The number of hydrogen-bond acceptors (Lipinski definition) is 5. The highest BCUT2D eigenvalue weighted by molar-refractivity contribution is 7.52. The Kier molecular flexibility index (Phi) is 8.58. The van der Waals surface area contributed by atoms with E-state index in [4.69, 9.17) is 9.26 Å². The van der Waals surface area contributed by atoms with Crippen molar-refractivity contribution in [2.24, 2.45) is 5.92 Å². The zero-order valence-electron chi connectivity index (χ0n) is 16.5. The van der Waals surface area contributed by atoms with Gasteiger partial charge < -0.3 is 19.5 Å². The lowest BCUT2D eigenvalue weighted by Crippen LogP contribution is -2.28. The van der Waals surface area contributed by atoms with Gasteiger partial charge in [-0.3, -0.25) is 9.36 Å². The Balaban J connectivity index is 2.13. The molecule has 0 bridgehead atoms. The molecule has 7 nitrogen and oxygen atoms in total. The van der Waals surface area contributed by atoms with E-state index in [1.165, 1.54) is 0 Å². The second-order valence-corrected chi connectivity index (χ2v) is 8.31. The van der Waals surface area contributed by atoms with Crippen LogP contribution in [-0.2, 0) is 25.0 Å². The van der Waals surface area contributed by atoms with E-state index in [0.717, 1.165) is 5.56 Å². The van der Waals surface area contributed by atoms with Gasteiger partial charge in [0.25, 0.3) is 0 Å². The Hall–Kier alpha value is -2.47. The second-order valence-electron chi connectivity index (χ2n) is 6.41. The van der Waals surface area contributed by atoms with Gasteiger partial charge in [0.15, 0.2) is 0 Å². The number of hydrogen-bond donors (Lipinski definition) is 2. The molecule has 2 atom stereocenters. The van der Waals surface area contributed by atoms with Crippen molar-refractivity contribution in [1.82, 2.24) is 0 Å². The molecule has 156 valence electrons. The molecule has 0 fully saturated rings. The molecule has 0 aromatic heterocycles. The summed E-state index contributed by atoms with van der Waals surface area (Å²) < 4.78 is 22.1. The first-order chi connectivity index (χ1) is 13.8. The van der Waals surface area contributed by atoms with Gasteiger partial charge in [0, 0.05) is 5.69 Å². The molecular weight excluding hydrogens is 393 g/mol. The first-order valence-electron chi connectivity index (χ1n) is 9.43. The topological polar surface area (TPSA) is 102 Å². The summed E-state index contributed by atoms with van der Waals surface area (Å²) in [5, 5.41) is 2.75. The third kappa shape index (κ3) is 7.46. The zero-order chi connectivity index (χ0) is 21.3. The summed E-state index contributed by atoms with van der Waals surface area (Å²) in [6, 6.07) is 15.6. The van der Waals surface area contributed by atoms with E-state index >= 15 is 0 Å².